The number of hydrogen-bond donors (Lipinski definition) is 4. The van der Waals surface area contributed by atoms with Crippen LogP contribution in [0.25, 0.3) is 0 Å². The van der Waals surface area contributed by atoms with Gasteiger partial charge in [-0.2, -0.15) is 8.42 Å². The largest absolute Gasteiger partial charge is 0.462 e. The van der Waals surface area contributed by atoms with Crippen LogP contribution in [0.3, 0.4) is 0 Å². The first-order valence-corrected chi connectivity index (χ1v) is 27.9. The number of carbonyl (C=O) groups excluding carboxylic acids is 2. The number of aliphatic hydroxyl groups is 3. The molecule has 0 aliphatic carbocycles. The fourth-order valence-electron chi connectivity index (χ4n) is 8.26. The molecule has 0 spiro atoms. The van der Waals surface area contributed by atoms with Crippen LogP contribution in [0.5, 0.6) is 0 Å². The molecular formula is C51H96O12S. The van der Waals surface area contributed by atoms with Crippen LogP contribution in [0.15, 0.2) is 12.2 Å². The SMILES string of the molecule is CCCCCCCC/C=C/CCCCCCCC(=O)OC[C@H](CO[C@H]1O[C@H](CS(=O)(=O)O)[C@@H](O)C(O)C1O)OC(=O)CCCCCCCCCCCCCCCCCCCCCCC. The molecular weight excluding hydrogens is 837 g/mol. The Bertz CT molecular complexity index is 1230. The normalized spacial score (nSPS) is 19.6. The Labute approximate surface area is 390 Å². The van der Waals surface area contributed by atoms with Crippen LogP contribution in [0, 0.1) is 0 Å². The van der Waals surface area contributed by atoms with Crippen molar-refractivity contribution in [2.24, 2.45) is 0 Å². The van der Waals surface area contributed by atoms with Crippen LogP contribution in [0.2, 0.25) is 0 Å². The van der Waals surface area contributed by atoms with Gasteiger partial charge in [0.05, 0.1) is 6.61 Å². The highest BCUT2D eigenvalue weighted by Gasteiger charge is 2.46. The molecule has 6 atom stereocenters. The summed E-state index contributed by atoms with van der Waals surface area (Å²) < 4.78 is 54.2. The van der Waals surface area contributed by atoms with Gasteiger partial charge in [-0.15, -0.1) is 0 Å². The highest BCUT2D eigenvalue weighted by atomic mass is 32.2. The van der Waals surface area contributed by atoms with Gasteiger partial charge in [0.25, 0.3) is 10.1 Å². The van der Waals surface area contributed by atoms with Gasteiger partial charge in [0.15, 0.2) is 12.4 Å². The van der Waals surface area contributed by atoms with E-state index in [1.54, 1.807) is 0 Å². The summed E-state index contributed by atoms with van der Waals surface area (Å²) in [5.41, 5.74) is 0. The summed E-state index contributed by atoms with van der Waals surface area (Å²) in [7, 11) is -4.60. The Morgan fingerprint density at radius 1 is 0.516 bits per heavy atom. The molecule has 378 valence electrons. The van der Waals surface area contributed by atoms with E-state index in [0.29, 0.717) is 12.8 Å². The molecule has 64 heavy (non-hydrogen) atoms. The minimum absolute atomic E-state index is 0.169. The number of unbranched alkanes of at least 4 members (excludes halogenated alkanes) is 31. The van der Waals surface area contributed by atoms with Crippen molar-refractivity contribution in [2.45, 2.75) is 282 Å². The minimum Gasteiger partial charge on any atom is -0.462 e. The summed E-state index contributed by atoms with van der Waals surface area (Å²) in [6.07, 6.45) is 36.8. The highest BCUT2D eigenvalue weighted by Crippen LogP contribution is 2.24. The molecule has 12 nitrogen and oxygen atoms in total. The number of ether oxygens (including phenoxy) is 4. The van der Waals surface area contributed by atoms with E-state index in [1.807, 2.05) is 0 Å². The van der Waals surface area contributed by atoms with Gasteiger partial charge < -0.3 is 34.3 Å². The van der Waals surface area contributed by atoms with Gasteiger partial charge in [0.2, 0.25) is 0 Å². The number of allylic oxidation sites excluding steroid dienone is 2. The predicted molar refractivity (Wildman–Crippen MR) is 257 cm³/mol. The average Bonchev–Trinajstić information content (AvgIpc) is 3.26. The van der Waals surface area contributed by atoms with Gasteiger partial charge in [-0.3, -0.25) is 14.1 Å². The Hall–Kier alpha value is -1.61. The van der Waals surface area contributed by atoms with Crippen LogP contribution >= 0.6 is 0 Å². The Morgan fingerprint density at radius 2 is 0.891 bits per heavy atom. The molecule has 1 heterocycles. The van der Waals surface area contributed by atoms with Gasteiger partial charge in [0.1, 0.15) is 36.8 Å². The lowest BCUT2D eigenvalue weighted by Crippen LogP contribution is -2.60. The first-order chi connectivity index (χ1) is 31.0. The lowest BCUT2D eigenvalue weighted by atomic mass is 10.00. The van der Waals surface area contributed by atoms with Crippen LogP contribution in [0.1, 0.15) is 245 Å². The maximum absolute atomic E-state index is 12.9. The van der Waals surface area contributed by atoms with Crippen molar-refractivity contribution >= 4 is 22.1 Å². The number of rotatable bonds is 45. The average molecular weight is 933 g/mol. The summed E-state index contributed by atoms with van der Waals surface area (Å²) in [5.74, 6) is -1.97. The second-order valence-corrected chi connectivity index (χ2v) is 20.0. The molecule has 2 unspecified atom stereocenters. The van der Waals surface area contributed by atoms with E-state index in [2.05, 4.69) is 26.0 Å². The molecule has 1 aliphatic heterocycles. The van der Waals surface area contributed by atoms with Crippen molar-refractivity contribution in [1.82, 2.24) is 0 Å². The summed E-state index contributed by atoms with van der Waals surface area (Å²) >= 11 is 0. The third-order valence-electron chi connectivity index (χ3n) is 12.3. The molecule has 0 aromatic carbocycles. The molecule has 1 rings (SSSR count). The maximum Gasteiger partial charge on any atom is 0.306 e. The topological polar surface area (TPSA) is 186 Å². The molecule has 0 saturated carbocycles. The Balaban J connectivity index is 2.35. The number of carbonyl (C=O) groups is 2. The van der Waals surface area contributed by atoms with E-state index in [0.717, 1.165) is 57.8 Å². The fraction of sp³-hybridized carbons (Fsp3) is 0.922. The maximum atomic E-state index is 12.9. The summed E-state index contributed by atoms with van der Waals surface area (Å²) in [6, 6.07) is 0. The van der Waals surface area contributed by atoms with Crippen molar-refractivity contribution < 1.29 is 56.8 Å². The van der Waals surface area contributed by atoms with Crippen LogP contribution in [-0.4, -0.2) is 96.0 Å². The predicted octanol–water partition coefficient (Wildman–Crippen LogP) is 11.8. The molecule has 1 fully saturated rings. The molecule has 1 aliphatic rings. The van der Waals surface area contributed by atoms with Crippen molar-refractivity contribution in [2.75, 3.05) is 19.0 Å². The van der Waals surface area contributed by atoms with E-state index in [4.69, 9.17) is 18.9 Å². The number of esters is 2. The van der Waals surface area contributed by atoms with Gasteiger partial charge in [-0.05, 0) is 38.5 Å². The summed E-state index contributed by atoms with van der Waals surface area (Å²) in [5, 5.41) is 31.0. The zero-order valence-corrected chi connectivity index (χ0v) is 41.5. The van der Waals surface area contributed by atoms with Gasteiger partial charge >= 0.3 is 11.9 Å². The first kappa shape index (κ1) is 60.4. The van der Waals surface area contributed by atoms with Crippen molar-refractivity contribution in [3.8, 4) is 0 Å². The first-order valence-electron chi connectivity index (χ1n) is 26.2. The monoisotopic (exact) mass is 933 g/mol. The van der Waals surface area contributed by atoms with Gasteiger partial charge in [-0.25, -0.2) is 0 Å². The van der Waals surface area contributed by atoms with Crippen molar-refractivity contribution in [3.05, 3.63) is 12.2 Å². The minimum atomic E-state index is -4.60. The lowest BCUT2D eigenvalue weighted by molar-refractivity contribution is -0.297. The zero-order valence-electron chi connectivity index (χ0n) is 40.7. The van der Waals surface area contributed by atoms with E-state index >= 15 is 0 Å². The molecule has 4 N–H and O–H groups in total. The van der Waals surface area contributed by atoms with E-state index in [9.17, 15) is 37.9 Å². The molecule has 0 bridgehead atoms. The molecule has 1 saturated heterocycles. The van der Waals surface area contributed by atoms with Crippen LogP contribution in [-0.2, 0) is 38.7 Å². The Morgan fingerprint density at radius 3 is 1.30 bits per heavy atom. The van der Waals surface area contributed by atoms with Gasteiger partial charge in [-0.1, -0.05) is 206 Å². The van der Waals surface area contributed by atoms with Crippen LogP contribution < -0.4 is 0 Å². The fourth-order valence-corrected chi connectivity index (χ4v) is 8.95. The van der Waals surface area contributed by atoms with E-state index in [1.165, 1.54) is 148 Å². The molecule has 13 heteroatoms. The number of aliphatic hydroxyl groups excluding tert-OH is 3. The van der Waals surface area contributed by atoms with E-state index in [-0.39, 0.29) is 19.4 Å². The molecule has 0 amide bonds. The van der Waals surface area contributed by atoms with E-state index < -0.39 is 71.2 Å². The third-order valence-corrected chi connectivity index (χ3v) is 13.1. The lowest BCUT2D eigenvalue weighted by Gasteiger charge is -2.40. The second-order valence-electron chi connectivity index (χ2n) is 18.5. The summed E-state index contributed by atoms with van der Waals surface area (Å²) in [6.45, 7) is 3.79. The van der Waals surface area contributed by atoms with Crippen LogP contribution in [0.4, 0.5) is 0 Å². The second kappa shape index (κ2) is 41.6. The third kappa shape index (κ3) is 35.6. The highest BCUT2D eigenvalue weighted by molar-refractivity contribution is 7.85. The smallest absolute Gasteiger partial charge is 0.306 e. The standard InChI is InChI=1S/C51H96O12S/c1-3-5-7-9-11-13-15-17-19-20-21-22-23-24-26-28-30-32-34-36-38-40-47(53)62-44(42-61-51-50(56)49(55)48(54)45(63-51)43-64(57,58)59)41-60-46(52)39-37-35-33-31-29-27-25-18-16-14-12-10-8-6-4-2/h18,25,44-45,48-51,54-56H,3-17,19-24,26-43H2,1-2H3,(H,57,58,59)/b25-18+/t44-,45-,48-,49?,50?,51+/m1/s1. The number of hydrogen-bond acceptors (Lipinski definition) is 11. The zero-order chi connectivity index (χ0) is 46.9. The van der Waals surface area contributed by atoms with Crippen molar-refractivity contribution in [3.63, 3.8) is 0 Å². The molecule has 0 aromatic rings. The quantitative estimate of drug-likeness (QED) is 0.0196. The molecule has 0 aromatic heterocycles. The van der Waals surface area contributed by atoms with Gasteiger partial charge in [0, 0.05) is 12.8 Å². The Kier molecular flexibility index (Phi) is 39.2. The summed E-state index contributed by atoms with van der Waals surface area (Å²) in [4.78, 5) is 25.5. The molecule has 0 radical (unpaired) electrons. The van der Waals surface area contributed by atoms with Crippen molar-refractivity contribution in [1.29, 1.82) is 0 Å².